The van der Waals surface area contributed by atoms with Crippen molar-refractivity contribution in [3.63, 3.8) is 0 Å². The standard InChI is InChI=1S/C24H25N3O2S/c1-5-14-29-19-12-6-16(7-13-19)15-20-22(28)27-23(30-20)25-21(26-27)17-8-10-18(11-9-17)24(2,3)4/h6-13,15H,5,14H2,1-4H3. The number of aromatic nitrogens is 3. The van der Waals surface area contributed by atoms with E-state index in [1.54, 1.807) is 0 Å². The van der Waals surface area contributed by atoms with Crippen molar-refractivity contribution in [2.75, 3.05) is 6.61 Å². The van der Waals surface area contributed by atoms with Crippen LogP contribution in [0.25, 0.3) is 22.4 Å². The fourth-order valence-electron chi connectivity index (χ4n) is 3.11. The van der Waals surface area contributed by atoms with Crippen LogP contribution in [0, 0.1) is 0 Å². The van der Waals surface area contributed by atoms with Crippen molar-refractivity contribution < 1.29 is 4.74 Å². The van der Waals surface area contributed by atoms with Crippen LogP contribution in [0.1, 0.15) is 45.2 Å². The summed E-state index contributed by atoms with van der Waals surface area (Å²) in [6, 6.07) is 15.9. The molecule has 154 valence electrons. The van der Waals surface area contributed by atoms with Gasteiger partial charge in [-0.25, -0.2) is 0 Å². The number of rotatable bonds is 5. The van der Waals surface area contributed by atoms with Gasteiger partial charge < -0.3 is 4.74 Å². The zero-order valence-corrected chi connectivity index (χ0v) is 18.5. The summed E-state index contributed by atoms with van der Waals surface area (Å²) in [5.74, 6) is 1.41. The lowest BCUT2D eigenvalue weighted by Crippen LogP contribution is -2.23. The van der Waals surface area contributed by atoms with E-state index in [0.717, 1.165) is 23.3 Å². The third-order valence-electron chi connectivity index (χ3n) is 4.84. The molecule has 0 spiro atoms. The molecule has 2 heterocycles. The van der Waals surface area contributed by atoms with Crippen molar-refractivity contribution in [1.82, 2.24) is 14.6 Å². The summed E-state index contributed by atoms with van der Waals surface area (Å²) >= 11 is 1.35. The SMILES string of the molecule is CCCOc1ccc(C=c2sc3nc(-c4ccc(C(C)(C)C)cc4)nn3c2=O)cc1. The minimum absolute atomic E-state index is 0.0910. The van der Waals surface area contributed by atoms with Gasteiger partial charge in [0.05, 0.1) is 11.1 Å². The van der Waals surface area contributed by atoms with Gasteiger partial charge in [-0.3, -0.25) is 4.79 Å². The Morgan fingerprint density at radius 2 is 1.77 bits per heavy atom. The first-order chi connectivity index (χ1) is 14.3. The smallest absolute Gasteiger partial charge is 0.291 e. The van der Waals surface area contributed by atoms with E-state index in [1.807, 2.05) is 42.5 Å². The van der Waals surface area contributed by atoms with E-state index in [2.05, 4.69) is 49.9 Å². The fourth-order valence-corrected chi connectivity index (χ4v) is 4.01. The molecule has 0 atom stereocenters. The monoisotopic (exact) mass is 419 g/mol. The van der Waals surface area contributed by atoms with Gasteiger partial charge in [0.1, 0.15) is 5.75 Å². The van der Waals surface area contributed by atoms with Crippen LogP contribution >= 0.6 is 11.3 Å². The Morgan fingerprint density at radius 3 is 2.37 bits per heavy atom. The Hall–Kier alpha value is -2.99. The number of fused-ring (bicyclic) bond motifs is 1. The lowest BCUT2D eigenvalue weighted by molar-refractivity contribution is 0.317. The largest absolute Gasteiger partial charge is 0.494 e. The second-order valence-electron chi connectivity index (χ2n) is 8.29. The van der Waals surface area contributed by atoms with Crippen molar-refractivity contribution in [2.45, 2.75) is 39.5 Å². The third kappa shape index (κ3) is 4.14. The van der Waals surface area contributed by atoms with Gasteiger partial charge in [0, 0.05) is 5.56 Å². The van der Waals surface area contributed by atoms with E-state index in [9.17, 15) is 4.79 Å². The number of hydrogen-bond donors (Lipinski definition) is 0. The molecule has 0 aliphatic rings. The Bertz CT molecular complexity index is 1260. The number of benzene rings is 2. The van der Waals surface area contributed by atoms with Crippen LogP contribution in [0.15, 0.2) is 53.3 Å². The fraction of sp³-hybridized carbons (Fsp3) is 0.292. The first-order valence-electron chi connectivity index (χ1n) is 10.1. The minimum Gasteiger partial charge on any atom is -0.494 e. The molecule has 0 bridgehead atoms. The van der Waals surface area contributed by atoms with Gasteiger partial charge in [0.15, 0.2) is 5.82 Å². The molecule has 5 nitrogen and oxygen atoms in total. The topological polar surface area (TPSA) is 56.5 Å². The maximum Gasteiger partial charge on any atom is 0.291 e. The minimum atomic E-state index is -0.147. The second kappa shape index (κ2) is 8.03. The van der Waals surface area contributed by atoms with Gasteiger partial charge in [0.25, 0.3) is 5.56 Å². The molecule has 0 fully saturated rings. The maximum absolute atomic E-state index is 12.8. The molecule has 0 radical (unpaired) electrons. The molecule has 0 unspecified atom stereocenters. The highest BCUT2D eigenvalue weighted by atomic mass is 32.1. The van der Waals surface area contributed by atoms with Crippen molar-refractivity contribution in [2.24, 2.45) is 0 Å². The highest BCUT2D eigenvalue weighted by Gasteiger charge is 2.15. The maximum atomic E-state index is 12.8. The Balaban J connectivity index is 1.62. The second-order valence-corrected chi connectivity index (χ2v) is 9.30. The molecule has 4 aromatic rings. The lowest BCUT2D eigenvalue weighted by Gasteiger charge is -2.18. The van der Waals surface area contributed by atoms with Crippen LogP contribution in [-0.4, -0.2) is 21.2 Å². The van der Waals surface area contributed by atoms with Crippen molar-refractivity contribution in [3.05, 3.63) is 74.5 Å². The predicted octanol–water partition coefficient (Wildman–Crippen LogP) is 4.45. The summed E-state index contributed by atoms with van der Waals surface area (Å²) in [5, 5.41) is 4.45. The number of nitrogens with zero attached hydrogens (tertiary/aromatic N) is 3. The van der Waals surface area contributed by atoms with E-state index >= 15 is 0 Å². The van der Waals surface area contributed by atoms with Crippen LogP contribution < -0.4 is 14.8 Å². The van der Waals surface area contributed by atoms with Gasteiger partial charge in [-0.05, 0) is 41.2 Å². The van der Waals surface area contributed by atoms with Crippen LogP contribution in [0.4, 0.5) is 0 Å². The van der Waals surface area contributed by atoms with Crippen LogP contribution in [0.5, 0.6) is 5.75 Å². The molecule has 0 N–H and O–H groups in total. The molecule has 0 saturated carbocycles. The van der Waals surface area contributed by atoms with E-state index in [1.165, 1.54) is 21.4 Å². The number of ether oxygens (including phenoxy) is 1. The van der Waals surface area contributed by atoms with Crippen LogP contribution in [0.3, 0.4) is 0 Å². The molecule has 0 saturated heterocycles. The van der Waals surface area contributed by atoms with Gasteiger partial charge in [-0.1, -0.05) is 75.4 Å². The van der Waals surface area contributed by atoms with E-state index < -0.39 is 0 Å². The Morgan fingerprint density at radius 1 is 1.07 bits per heavy atom. The third-order valence-corrected chi connectivity index (χ3v) is 5.80. The van der Waals surface area contributed by atoms with Gasteiger partial charge in [0.2, 0.25) is 4.96 Å². The molecule has 0 aliphatic heterocycles. The highest BCUT2D eigenvalue weighted by molar-refractivity contribution is 7.15. The summed E-state index contributed by atoms with van der Waals surface area (Å²) in [6.07, 6.45) is 2.84. The first-order valence-corrected chi connectivity index (χ1v) is 10.9. The van der Waals surface area contributed by atoms with Crippen LogP contribution in [0.2, 0.25) is 0 Å². The van der Waals surface area contributed by atoms with Crippen molar-refractivity contribution >= 4 is 22.4 Å². The summed E-state index contributed by atoms with van der Waals surface area (Å²) in [4.78, 5) is 18.0. The summed E-state index contributed by atoms with van der Waals surface area (Å²) in [6.45, 7) is 9.31. The normalized spacial score (nSPS) is 12.6. The van der Waals surface area contributed by atoms with Crippen LogP contribution in [-0.2, 0) is 5.41 Å². The first kappa shape index (κ1) is 20.3. The molecular weight excluding hydrogens is 394 g/mol. The highest BCUT2D eigenvalue weighted by Crippen LogP contribution is 2.25. The quantitative estimate of drug-likeness (QED) is 0.479. The molecule has 2 aromatic heterocycles. The summed E-state index contributed by atoms with van der Waals surface area (Å²) in [5.41, 5.74) is 3.05. The summed E-state index contributed by atoms with van der Waals surface area (Å²) in [7, 11) is 0. The number of thiazole rings is 1. The molecule has 2 aromatic carbocycles. The molecule has 30 heavy (non-hydrogen) atoms. The zero-order valence-electron chi connectivity index (χ0n) is 17.7. The Kier molecular flexibility index (Phi) is 5.43. The van der Waals surface area contributed by atoms with Gasteiger partial charge in [-0.15, -0.1) is 5.10 Å². The molecular formula is C24H25N3O2S. The molecule has 0 amide bonds. The molecule has 6 heteroatoms. The predicted molar refractivity (Wildman–Crippen MR) is 122 cm³/mol. The van der Waals surface area contributed by atoms with Crippen molar-refractivity contribution in [1.29, 1.82) is 0 Å². The lowest BCUT2D eigenvalue weighted by atomic mass is 9.87. The van der Waals surface area contributed by atoms with Gasteiger partial charge in [-0.2, -0.15) is 9.50 Å². The Labute approximate surface area is 179 Å². The summed E-state index contributed by atoms with van der Waals surface area (Å²) < 4.78 is 7.61. The average molecular weight is 420 g/mol. The average Bonchev–Trinajstić information content (AvgIpc) is 3.27. The number of hydrogen-bond acceptors (Lipinski definition) is 5. The van der Waals surface area contributed by atoms with E-state index in [-0.39, 0.29) is 11.0 Å². The van der Waals surface area contributed by atoms with E-state index in [0.29, 0.717) is 21.9 Å². The van der Waals surface area contributed by atoms with Gasteiger partial charge >= 0.3 is 0 Å². The van der Waals surface area contributed by atoms with Crippen molar-refractivity contribution in [3.8, 4) is 17.1 Å². The van der Waals surface area contributed by atoms with E-state index in [4.69, 9.17) is 4.74 Å². The molecule has 0 aliphatic carbocycles. The molecule has 4 rings (SSSR count). The zero-order chi connectivity index (χ0) is 21.3.